The number of H-pyrrole nitrogens is 1. The molecule has 2 saturated heterocycles. The first kappa shape index (κ1) is 25.6. The van der Waals surface area contributed by atoms with Crippen LogP contribution in [0.2, 0.25) is 0 Å². The molecule has 1 amide bonds. The Kier molecular flexibility index (Phi) is 8.31. The van der Waals surface area contributed by atoms with E-state index in [2.05, 4.69) is 26.2 Å². The van der Waals surface area contributed by atoms with Gasteiger partial charge in [-0.25, -0.2) is 0 Å². The van der Waals surface area contributed by atoms with Gasteiger partial charge in [0.05, 0.1) is 14.2 Å². The number of aromatic nitrogens is 1. The molecule has 0 saturated carbocycles. The fourth-order valence-electron chi connectivity index (χ4n) is 5.74. The summed E-state index contributed by atoms with van der Waals surface area (Å²) in [5.74, 6) is 1.35. The van der Waals surface area contributed by atoms with Gasteiger partial charge in [0.25, 0.3) is 5.91 Å². The van der Waals surface area contributed by atoms with Gasteiger partial charge in [0, 0.05) is 43.1 Å². The van der Waals surface area contributed by atoms with Gasteiger partial charge in [0.2, 0.25) is 0 Å². The minimum absolute atomic E-state index is 0.0301. The molecule has 2 N–H and O–H groups in total. The normalized spacial score (nSPS) is 18.0. The smallest absolute Gasteiger partial charge is 0.267 e. The third-order valence-electron chi connectivity index (χ3n) is 7.96. The zero-order valence-electron chi connectivity index (χ0n) is 22.2. The van der Waals surface area contributed by atoms with Crippen LogP contribution < -0.4 is 14.8 Å². The Hall–Kier alpha value is -3.03. The molecular weight excluding hydrogens is 464 g/mol. The molecule has 3 aromatic rings. The predicted octanol–water partition coefficient (Wildman–Crippen LogP) is 4.92. The maximum Gasteiger partial charge on any atom is 0.267 e. The Bertz CT molecular complexity index is 1190. The molecule has 2 aliphatic rings. The lowest BCUT2D eigenvalue weighted by atomic mass is 10.0. The predicted molar refractivity (Wildman–Crippen MR) is 149 cm³/mol. The first-order valence-corrected chi connectivity index (χ1v) is 13.7. The van der Waals surface area contributed by atoms with Crippen LogP contribution in [0.5, 0.6) is 11.5 Å². The molecule has 0 radical (unpaired) electrons. The van der Waals surface area contributed by atoms with Crippen LogP contribution in [0.1, 0.15) is 49.0 Å². The van der Waals surface area contributed by atoms with Gasteiger partial charge < -0.3 is 29.6 Å². The van der Waals surface area contributed by atoms with E-state index in [-0.39, 0.29) is 11.9 Å². The number of hydrogen-bond donors (Lipinski definition) is 2. The number of ether oxygens (including phenoxy) is 2. The zero-order valence-corrected chi connectivity index (χ0v) is 22.2. The van der Waals surface area contributed by atoms with Crippen molar-refractivity contribution in [2.45, 2.75) is 44.6 Å². The second kappa shape index (κ2) is 12.0. The Balaban J connectivity index is 1.19. The summed E-state index contributed by atoms with van der Waals surface area (Å²) in [4.78, 5) is 21.7. The molecule has 7 heteroatoms. The van der Waals surface area contributed by atoms with E-state index >= 15 is 0 Å². The maximum atomic E-state index is 13.2. The number of methoxy groups -OCH3 is 2. The number of piperidine rings is 1. The number of fused-ring (bicyclic) bond motifs is 1. The van der Waals surface area contributed by atoms with E-state index in [4.69, 9.17) is 9.47 Å². The summed E-state index contributed by atoms with van der Waals surface area (Å²) in [5, 5.41) is 4.30. The van der Waals surface area contributed by atoms with Crippen molar-refractivity contribution in [2.24, 2.45) is 0 Å². The molecule has 0 unspecified atom stereocenters. The third-order valence-corrected chi connectivity index (χ3v) is 7.96. The topological polar surface area (TPSA) is 69.8 Å². The number of carbonyl (C=O) groups excluding carboxylic acids is 1. The summed E-state index contributed by atoms with van der Waals surface area (Å²) < 4.78 is 10.9. The standard InChI is InChI=1S/C30H40N4O3/c1-36-28-11-10-22(20-29(28)37-2)24-8-7-9-26-25(24)21-27(32-26)30(35)31-23-12-16-34(17-13-23)19-18-33-14-5-3-4-6-15-33/h7-11,20-21,23,32H,3-6,12-19H2,1-2H3,(H,31,35). The van der Waals surface area contributed by atoms with Crippen molar-refractivity contribution < 1.29 is 14.3 Å². The Morgan fingerprint density at radius 1 is 0.892 bits per heavy atom. The zero-order chi connectivity index (χ0) is 25.6. The van der Waals surface area contributed by atoms with Crippen molar-refractivity contribution in [1.82, 2.24) is 20.1 Å². The number of rotatable bonds is 8. The van der Waals surface area contributed by atoms with Crippen LogP contribution in [-0.4, -0.2) is 80.2 Å². The number of hydrogen-bond acceptors (Lipinski definition) is 5. The number of likely N-dealkylation sites (tertiary alicyclic amines) is 2. The van der Waals surface area contributed by atoms with Gasteiger partial charge in [-0.3, -0.25) is 4.79 Å². The summed E-state index contributed by atoms with van der Waals surface area (Å²) in [7, 11) is 3.27. The first-order valence-electron chi connectivity index (χ1n) is 13.7. The van der Waals surface area contributed by atoms with Gasteiger partial charge in [-0.2, -0.15) is 0 Å². The van der Waals surface area contributed by atoms with Gasteiger partial charge in [-0.05, 0) is 74.2 Å². The van der Waals surface area contributed by atoms with Gasteiger partial charge in [-0.15, -0.1) is 0 Å². The molecule has 0 aliphatic carbocycles. The van der Waals surface area contributed by atoms with Crippen molar-refractivity contribution in [3.05, 3.63) is 48.2 Å². The SMILES string of the molecule is COc1ccc(-c2cccc3[nH]c(C(=O)NC4CCN(CCN5CCCCCC5)CC4)cc23)cc1OC. The van der Waals surface area contributed by atoms with Crippen LogP contribution in [0.4, 0.5) is 0 Å². The van der Waals surface area contributed by atoms with Crippen molar-refractivity contribution in [1.29, 1.82) is 0 Å². The van der Waals surface area contributed by atoms with E-state index in [9.17, 15) is 4.79 Å². The highest BCUT2D eigenvalue weighted by molar-refractivity contribution is 6.03. The fourth-order valence-corrected chi connectivity index (χ4v) is 5.74. The maximum absolute atomic E-state index is 13.2. The molecule has 2 aliphatic heterocycles. The average molecular weight is 505 g/mol. The third kappa shape index (κ3) is 6.11. The average Bonchev–Trinajstić information content (AvgIpc) is 3.21. The van der Waals surface area contributed by atoms with Crippen LogP contribution >= 0.6 is 0 Å². The molecule has 0 bridgehead atoms. The molecule has 198 valence electrons. The molecule has 0 atom stereocenters. The van der Waals surface area contributed by atoms with Crippen LogP contribution in [0.25, 0.3) is 22.0 Å². The molecular formula is C30H40N4O3. The van der Waals surface area contributed by atoms with Crippen molar-refractivity contribution in [2.75, 3.05) is 53.5 Å². The minimum Gasteiger partial charge on any atom is -0.493 e. The van der Waals surface area contributed by atoms with Crippen molar-refractivity contribution >= 4 is 16.8 Å². The number of benzene rings is 2. The number of nitrogens with zero attached hydrogens (tertiary/aromatic N) is 2. The number of amides is 1. The quantitative estimate of drug-likeness (QED) is 0.456. The van der Waals surface area contributed by atoms with Crippen LogP contribution in [0.3, 0.4) is 0 Å². The molecule has 1 aromatic heterocycles. The molecule has 2 fully saturated rings. The summed E-state index contributed by atoms with van der Waals surface area (Å²) in [5.41, 5.74) is 3.61. The lowest BCUT2D eigenvalue weighted by Gasteiger charge is -2.33. The molecule has 7 nitrogen and oxygen atoms in total. The van der Waals surface area contributed by atoms with E-state index < -0.39 is 0 Å². The fraction of sp³-hybridized carbons (Fsp3) is 0.500. The van der Waals surface area contributed by atoms with E-state index in [1.807, 2.05) is 36.4 Å². The van der Waals surface area contributed by atoms with E-state index in [1.54, 1.807) is 14.2 Å². The van der Waals surface area contributed by atoms with Gasteiger partial charge in [0.15, 0.2) is 11.5 Å². The highest BCUT2D eigenvalue weighted by atomic mass is 16.5. The lowest BCUT2D eigenvalue weighted by Crippen LogP contribution is -2.46. The monoisotopic (exact) mass is 504 g/mol. The summed E-state index contributed by atoms with van der Waals surface area (Å²) in [6.45, 7) is 6.93. The summed E-state index contributed by atoms with van der Waals surface area (Å²) in [6, 6.07) is 14.2. The highest BCUT2D eigenvalue weighted by Gasteiger charge is 2.23. The van der Waals surface area contributed by atoms with Crippen LogP contribution in [0.15, 0.2) is 42.5 Å². The van der Waals surface area contributed by atoms with E-state index in [1.165, 1.54) is 45.3 Å². The number of carbonyl (C=O) groups is 1. The Labute approximate surface area is 220 Å². The van der Waals surface area contributed by atoms with E-state index in [0.717, 1.165) is 54.5 Å². The Morgan fingerprint density at radius 2 is 1.59 bits per heavy atom. The molecule has 5 rings (SSSR count). The minimum atomic E-state index is -0.0301. The second-order valence-electron chi connectivity index (χ2n) is 10.4. The van der Waals surface area contributed by atoms with Gasteiger partial charge in [0.1, 0.15) is 5.69 Å². The van der Waals surface area contributed by atoms with Crippen molar-refractivity contribution in [3.63, 3.8) is 0 Å². The largest absolute Gasteiger partial charge is 0.493 e. The number of nitrogens with one attached hydrogen (secondary N) is 2. The highest BCUT2D eigenvalue weighted by Crippen LogP contribution is 2.35. The number of aromatic amines is 1. The van der Waals surface area contributed by atoms with Gasteiger partial charge in [-0.1, -0.05) is 31.0 Å². The lowest BCUT2D eigenvalue weighted by molar-refractivity contribution is 0.0902. The molecule has 37 heavy (non-hydrogen) atoms. The summed E-state index contributed by atoms with van der Waals surface area (Å²) >= 11 is 0. The molecule has 3 heterocycles. The molecule has 0 spiro atoms. The molecule has 2 aromatic carbocycles. The summed E-state index contributed by atoms with van der Waals surface area (Å²) in [6.07, 6.45) is 7.46. The second-order valence-corrected chi connectivity index (χ2v) is 10.4. The first-order chi connectivity index (χ1) is 18.1. The van der Waals surface area contributed by atoms with Crippen LogP contribution in [0, 0.1) is 0 Å². The van der Waals surface area contributed by atoms with Crippen LogP contribution in [-0.2, 0) is 0 Å². The van der Waals surface area contributed by atoms with E-state index in [0.29, 0.717) is 17.2 Å². The Morgan fingerprint density at radius 3 is 2.30 bits per heavy atom. The van der Waals surface area contributed by atoms with Crippen molar-refractivity contribution in [3.8, 4) is 22.6 Å². The van der Waals surface area contributed by atoms with Gasteiger partial charge >= 0.3 is 0 Å².